The number of hydrogen-bond acceptors (Lipinski definition) is 3. The Balaban J connectivity index is 1.63. The van der Waals surface area contributed by atoms with Crippen LogP contribution in [0, 0.1) is 18.1 Å². The minimum atomic E-state index is -1.25. The summed E-state index contributed by atoms with van der Waals surface area (Å²) in [6.45, 7) is 2.35. The lowest BCUT2D eigenvalue weighted by molar-refractivity contribution is 0.0728. The Morgan fingerprint density at radius 1 is 1.00 bits per heavy atom. The summed E-state index contributed by atoms with van der Waals surface area (Å²) in [5, 5.41) is 0. The van der Waals surface area contributed by atoms with Gasteiger partial charge < -0.3 is 9.47 Å². The molecule has 2 aromatic carbocycles. The molecule has 2 aromatic rings. The van der Waals surface area contributed by atoms with E-state index < -0.39 is 23.2 Å². The molecule has 0 aliphatic heterocycles. The lowest BCUT2D eigenvalue weighted by atomic mass is 9.84. The Bertz CT molecular complexity index is 812. The van der Waals surface area contributed by atoms with Crippen molar-refractivity contribution in [3.05, 3.63) is 65.6 Å². The molecule has 5 heteroatoms. The van der Waals surface area contributed by atoms with E-state index in [2.05, 4.69) is 6.42 Å². The first-order valence-electron chi connectivity index (χ1n) is 10.3. The molecule has 1 aliphatic carbocycles. The van der Waals surface area contributed by atoms with Crippen LogP contribution in [0.2, 0.25) is 0 Å². The highest BCUT2D eigenvalue weighted by Crippen LogP contribution is 2.33. The maximum Gasteiger partial charge on any atom is 0.346 e. The minimum Gasteiger partial charge on any atom is -0.490 e. The molecule has 3 rings (SSSR count). The van der Waals surface area contributed by atoms with Crippen molar-refractivity contribution >= 4 is 5.97 Å². The number of halogens is 2. The Kier molecular flexibility index (Phi) is 7.62. The quantitative estimate of drug-likeness (QED) is 0.283. The number of carbonyl (C=O) groups excluding carboxylic acids is 1. The van der Waals surface area contributed by atoms with Gasteiger partial charge in [-0.2, -0.15) is 4.39 Å². The second-order valence-corrected chi connectivity index (χ2v) is 7.39. The first kappa shape index (κ1) is 21.3. The van der Waals surface area contributed by atoms with Crippen LogP contribution < -0.4 is 9.47 Å². The number of esters is 1. The Hall–Kier alpha value is -2.43. The van der Waals surface area contributed by atoms with Gasteiger partial charge in [0.1, 0.15) is 5.75 Å². The van der Waals surface area contributed by atoms with Crippen molar-refractivity contribution in [1.29, 1.82) is 0 Å². The predicted molar refractivity (Wildman–Crippen MR) is 108 cm³/mol. The van der Waals surface area contributed by atoms with Crippen LogP contribution in [-0.2, 0) is 0 Å². The van der Waals surface area contributed by atoms with Gasteiger partial charge in [0.25, 0.3) is 0 Å². The standard InChI is InChI=1S/C24H27F2O3/c1-2-3-7-16-28-21-15-14-20(22(25)23(21)26)24(27)29-19-12-10-18(11-13-19)17-8-5-4-6-9-17/h4,10-15,17H,2-3,5-9,16H2,1H3. The van der Waals surface area contributed by atoms with Crippen molar-refractivity contribution in [2.24, 2.45) is 0 Å². The number of carbonyl (C=O) groups is 1. The lowest BCUT2D eigenvalue weighted by Gasteiger charge is -2.21. The van der Waals surface area contributed by atoms with Crippen molar-refractivity contribution in [1.82, 2.24) is 0 Å². The summed E-state index contributed by atoms with van der Waals surface area (Å²) in [6.07, 6.45) is 9.50. The van der Waals surface area contributed by atoms with Crippen LogP contribution in [0.25, 0.3) is 0 Å². The summed E-state index contributed by atoms with van der Waals surface area (Å²) in [4.78, 5) is 12.3. The molecule has 1 saturated carbocycles. The van der Waals surface area contributed by atoms with E-state index in [-0.39, 0.29) is 5.75 Å². The van der Waals surface area contributed by atoms with Crippen LogP contribution in [-0.4, -0.2) is 12.6 Å². The molecule has 0 unspecified atom stereocenters. The van der Waals surface area contributed by atoms with E-state index in [9.17, 15) is 13.6 Å². The fraction of sp³-hybridized carbons (Fsp3) is 0.417. The van der Waals surface area contributed by atoms with Gasteiger partial charge in [0, 0.05) is 0 Å². The Labute approximate surface area is 171 Å². The van der Waals surface area contributed by atoms with Gasteiger partial charge in [-0.3, -0.25) is 0 Å². The van der Waals surface area contributed by atoms with Gasteiger partial charge in [-0.05, 0) is 74.3 Å². The van der Waals surface area contributed by atoms with Crippen LogP contribution in [0.5, 0.6) is 11.5 Å². The Morgan fingerprint density at radius 2 is 1.72 bits per heavy atom. The third-order valence-corrected chi connectivity index (χ3v) is 5.27. The number of ether oxygens (including phenoxy) is 2. The highest BCUT2D eigenvalue weighted by atomic mass is 19.2. The highest BCUT2D eigenvalue weighted by Gasteiger charge is 2.21. The van der Waals surface area contributed by atoms with Crippen LogP contribution in [0.3, 0.4) is 0 Å². The SMILES string of the molecule is CCCCCOc1ccc(C(=O)Oc2ccc(C3CC[CH]CC3)cc2)c(F)c1F. The molecule has 0 amide bonds. The van der Waals surface area contributed by atoms with Gasteiger partial charge in [-0.15, -0.1) is 0 Å². The van der Waals surface area contributed by atoms with Gasteiger partial charge in [-0.25, -0.2) is 9.18 Å². The molecular formula is C24H27F2O3. The average molecular weight is 401 g/mol. The molecule has 0 aromatic heterocycles. The summed E-state index contributed by atoms with van der Waals surface area (Å²) in [7, 11) is 0. The fourth-order valence-electron chi connectivity index (χ4n) is 3.57. The molecular weight excluding hydrogens is 374 g/mol. The molecule has 0 heterocycles. The van der Waals surface area contributed by atoms with Gasteiger partial charge in [0.15, 0.2) is 11.6 Å². The van der Waals surface area contributed by atoms with E-state index in [4.69, 9.17) is 9.47 Å². The van der Waals surface area contributed by atoms with Gasteiger partial charge in [0.2, 0.25) is 5.82 Å². The second kappa shape index (κ2) is 10.4. The van der Waals surface area contributed by atoms with E-state index in [1.807, 2.05) is 19.1 Å². The fourth-order valence-corrected chi connectivity index (χ4v) is 3.57. The molecule has 0 N–H and O–H groups in total. The zero-order valence-corrected chi connectivity index (χ0v) is 16.8. The largest absolute Gasteiger partial charge is 0.490 e. The summed E-state index contributed by atoms with van der Waals surface area (Å²) in [5.41, 5.74) is 0.759. The van der Waals surface area contributed by atoms with Crippen molar-refractivity contribution < 1.29 is 23.0 Å². The smallest absolute Gasteiger partial charge is 0.346 e. The maximum absolute atomic E-state index is 14.3. The number of unbranched alkanes of at least 4 members (excludes halogenated alkanes) is 2. The van der Waals surface area contributed by atoms with Crippen LogP contribution in [0.15, 0.2) is 36.4 Å². The predicted octanol–water partition coefficient (Wildman–Crippen LogP) is 6.61. The van der Waals surface area contributed by atoms with E-state index in [1.54, 1.807) is 12.1 Å². The maximum atomic E-state index is 14.3. The molecule has 0 spiro atoms. The van der Waals surface area contributed by atoms with Gasteiger partial charge >= 0.3 is 5.97 Å². The molecule has 0 bridgehead atoms. The third-order valence-electron chi connectivity index (χ3n) is 5.27. The van der Waals surface area contributed by atoms with Crippen molar-refractivity contribution in [2.45, 2.75) is 57.8 Å². The average Bonchev–Trinajstić information content (AvgIpc) is 2.75. The molecule has 0 atom stereocenters. The molecule has 1 aliphatic rings. The molecule has 29 heavy (non-hydrogen) atoms. The number of hydrogen-bond donors (Lipinski definition) is 0. The normalized spacial score (nSPS) is 14.6. The molecule has 1 radical (unpaired) electrons. The summed E-state index contributed by atoms with van der Waals surface area (Å²) >= 11 is 0. The van der Waals surface area contributed by atoms with Crippen LogP contribution >= 0.6 is 0 Å². The zero-order chi connectivity index (χ0) is 20.6. The molecule has 3 nitrogen and oxygen atoms in total. The summed E-state index contributed by atoms with van der Waals surface area (Å²) in [5.74, 6) is -2.72. The van der Waals surface area contributed by atoms with Crippen LogP contribution in [0.1, 0.15) is 73.7 Å². The minimum absolute atomic E-state index is 0.191. The van der Waals surface area contributed by atoms with E-state index >= 15 is 0 Å². The van der Waals surface area contributed by atoms with E-state index in [0.29, 0.717) is 18.3 Å². The topological polar surface area (TPSA) is 35.5 Å². The Morgan fingerprint density at radius 3 is 2.41 bits per heavy atom. The van der Waals surface area contributed by atoms with Crippen molar-refractivity contribution in [3.63, 3.8) is 0 Å². The zero-order valence-electron chi connectivity index (χ0n) is 16.8. The third kappa shape index (κ3) is 5.55. The lowest BCUT2D eigenvalue weighted by Crippen LogP contribution is -2.13. The first-order valence-corrected chi connectivity index (χ1v) is 10.3. The second-order valence-electron chi connectivity index (χ2n) is 7.39. The molecule has 0 saturated heterocycles. The summed E-state index contributed by atoms with van der Waals surface area (Å²) < 4.78 is 39.1. The van der Waals surface area contributed by atoms with Crippen molar-refractivity contribution in [3.8, 4) is 11.5 Å². The first-order chi connectivity index (χ1) is 14.1. The number of benzene rings is 2. The van der Waals surface area contributed by atoms with Crippen LogP contribution in [0.4, 0.5) is 8.78 Å². The number of rotatable bonds is 8. The highest BCUT2D eigenvalue weighted by molar-refractivity contribution is 5.91. The van der Waals surface area contributed by atoms with Crippen molar-refractivity contribution in [2.75, 3.05) is 6.61 Å². The van der Waals surface area contributed by atoms with Gasteiger partial charge in [0.05, 0.1) is 12.2 Å². The van der Waals surface area contributed by atoms with E-state index in [0.717, 1.165) is 44.9 Å². The summed E-state index contributed by atoms with van der Waals surface area (Å²) in [6, 6.07) is 9.73. The van der Waals surface area contributed by atoms with E-state index in [1.165, 1.54) is 17.7 Å². The monoisotopic (exact) mass is 401 g/mol. The van der Waals surface area contributed by atoms with Gasteiger partial charge in [-0.1, -0.05) is 31.9 Å². The molecule has 155 valence electrons. The molecule has 1 fully saturated rings.